The maximum absolute atomic E-state index is 5.91. The van der Waals surface area contributed by atoms with E-state index < -0.39 is 0 Å². The standard InChI is InChI=1S/C12H18N4S2/c1-8-6-15(7-9(2)18-8)11-10(5-13)16-3-4-17-12(16)14-11/h3-4,8-9H,5-7,13H2,1-2H3. The van der Waals surface area contributed by atoms with Crippen molar-refractivity contribution in [2.24, 2.45) is 5.73 Å². The SMILES string of the molecule is CC1CN(c2nc3sccn3c2CN)CC(C)S1. The number of rotatable bonds is 2. The second-order valence-electron chi connectivity index (χ2n) is 4.80. The summed E-state index contributed by atoms with van der Waals surface area (Å²) in [6.07, 6.45) is 2.06. The molecule has 0 saturated carbocycles. The van der Waals surface area contributed by atoms with Crippen molar-refractivity contribution in [2.45, 2.75) is 30.9 Å². The molecule has 2 N–H and O–H groups in total. The molecule has 0 amide bonds. The lowest BCUT2D eigenvalue weighted by molar-refractivity contribution is 0.715. The lowest BCUT2D eigenvalue weighted by Gasteiger charge is -2.35. The van der Waals surface area contributed by atoms with Crippen LogP contribution in [0.15, 0.2) is 11.6 Å². The molecule has 4 nitrogen and oxygen atoms in total. The Morgan fingerprint density at radius 3 is 2.78 bits per heavy atom. The van der Waals surface area contributed by atoms with Crippen LogP contribution in [0.2, 0.25) is 0 Å². The maximum Gasteiger partial charge on any atom is 0.195 e. The molecule has 2 atom stereocenters. The van der Waals surface area contributed by atoms with E-state index >= 15 is 0 Å². The van der Waals surface area contributed by atoms with E-state index in [0.29, 0.717) is 17.0 Å². The summed E-state index contributed by atoms with van der Waals surface area (Å²) in [5, 5.41) is 3.36. The zero-order chi connectivity index (χ0) is 12.7. The summed E-state index contributed by atoms with van der Waals surface area (Å²) < 4.78 is 2.12. The van der Waals surface area contributed by atoms with Crippen LogP contribution in [0.1, 0.15) is 19.5 Å². The van der Waals surface area contributed by atoms with Gasteiger partial charge in [-0.25, -0.2) is 4.98 Å². The van der Waals surface area contributed by atoms with Gasteiger partial charge in [0, 0.05) is 41.7 Å². The van der Waals surface area contributed by atoms with Crippen molar-refractivity contribution in [1.82, 2.24) is 9.38 Å². The van der Waals surface area contributed by atoms with E-state index in [-0.39, 0.29) is 0 Å². The van der Waals surface area contributed by atoms with Gasteiger partial charge in [0.2, 0.25) is 0 Å². The zero-order valence-corrected chi connectivity index (χ0v) is 12.3. The molecular formula is C12H18N4S2. The minimum atomic E-state index is 0.541. The van der Waals surface area contributed by atoms with Gasteiger partial charge in [-0.1, -0.05) is 13.8 Å². The number of imidazole rings is 1. The van der Waals surface area contributed by atoms with Crippen molar-refractivity contribution in [2.75, 3.05) is 18.0 Å². The molecule has 2 unspecified atom stereocenters. The van der Waals surface area contributed by atoms with Gasteiger partial charge in [-0.15, -0.1) is 11.3 Å². The number of anilines is 1. The molecule has 98 valence electrons. The third kappa shape index (κ3) is 2.02. The van der Waals surface area contributed by atoms with Crippen LogP contribution in [-0.2, 0) is 6.54 Å². The Balaban J connectivity index is 1.99. The first-order chi connectivity index (χ1) is 8.69. The summed E-state index contributed by atoms with van der Waals surface area (Å²) in [7, 11) is 0. The Hall–Kier alpha value is -0.720. The van der Waals surface area contributed by atoms with Crippen molar-refractivity contribution in [3.8, 4) is 0 Å². The highest BCUT2D eigenvalue weighted by molar-refractivity contribution is 8.00. The van der Waals surface area contributed by atoms with Gasteiger partial charge in [0.25, 0.3) is 0 Å². The van der Waals surface area contributed by atoms with Gasteiger partial charge in [-0.2, -0.15) is 11.8 Å². The van der Waals surface area contributed by atoms with Gasteiger partial charge in [0.15, 0.2) is 10.8 Å². The van der Waals surface area contributed by atoms with Crippen LogP contribution in [0.3, 0.4) is 0 Å². The van der Waals surface area contributed by atoms with Crippen molar-refractivity contribution < 1.29 is 0 Å². The van der Waals surface area contributed by atoms with E-state index in [0.717, 1.165) is 29.6 Å². The number of nitrogens with zero attached hydrogens (tertiary/aromatic N) is 3. The third-order valence-electron chi connectivity index (χ3n) is 3.25. The molecule has 2 aromatic heterocycles. The summed E-state index contributed by atoms with van der Waals surface area (Å²) in [5.41, 5.74) is 7.04. The van der Waals surface area contributed by atoms with Gasteiger partial charge in [0.05, 0.1) is 5.69 Å². The van der Waals surface area contributed by atoms with Gasteiger partial charge in [-0.05, 0) is 0 Å². The molecule has 3 heterocycles. The van der Waals surface area contributed by atoms with Crippen LogP contribution >= 0.6 is 23.1 Å². The zero-order valence-electron chi connectivity index (χ0n) is 10.7. The van der Waals surface area contributed by atoms with Crippen molar-refractivity contribution in [3.05, 3.63) is 17.3 Å². The van der Waals surface area contributed by atoms with Gasteiger partial charge in [0.1, 0.15) is 0 Å². The minimum absolute atomic E-state index is 0.541. The van der Waals surface area contributed by atoms with Crippen molar-refractivity contribution in [3.63, 3.8) is 0 Å². The van der Waals surface area contributed by atoms with E-state index in [2.05, 4.69) is 46.5 Å². The molecule has 0 spiro atoms. The predicted molar refractivity (Wildman–Crippen MR) is 79.7 cm³/mol. The number of aromatic nitrogens is 2. The predicted octanol–water partition coefficient (Wildman–Crippen LogP) is 2.18. The quantitative estimate of drug-likeness (QED) is 0.917. The summed E-state index contributed by atoms with van der Waals surface area (Å²) in [6.45, 7) is 7.24. The second kappa shape index (κ2) is 4.75. The van der Waals surface area contributed by atoms with Gasteiger partial charge in [-0.3, -0.25) is 4.40 Å². The smallest absolute Gasteiger partial charge is 0.195 e. The van der Waals surface area contributed by atoms with E-state index in [1.165, 1.54) is 0 Å². The number of hydrogen-bond donors (Lipinski definition) is 1. The first-order valence-corrected chi connectivity index (χ1v) is 8.06. The van der Waals surface area contributed by atoms with Crippen LogP contribution in [0.5, 0.6) is 0 Å². The fourth-order valence-corrected chi connectivity index (χ4v) is 4.67. The number of fused-ring (bicyclic) bond motifs is 1. The first kappa shape index (κ1) is 12.3. The molecule has 1 fully saturated rings. The Morgan fingerprint density at radius 1 is 1.39 bits per heavy atom. The maximum atomic E-state index is 5.91. The molecule has 0 aromatic carbocycles. The van der Waals surface area contributed by atoms with Crippen LogP contribution in [0.4, 0.5) is 5.82 Å². The topological polar surface area (TPSA) is 46.6 Å². The number of thioether (sulfide) groups is 1. The number of thiazole rings is 1. The molecular weight excluding hydrogens is 264 g/mol. The fraction of sp³-hybridized carbons (Fsp3) is 0.583. The average molecular weight is 282 g/mol. The Kier molecular flexibility index (Phi) is 3.25. The van der Waals surface area contributed by atoms with Gasteiger partial charge >= 0.3 is 0 Å². The van der Waals surface area contributed by atoms with Gasteiger partial charge < -0.3 is 10.6 Å². The number of hydrogen-bond acceptors (Lipinski definition) is 5. The van der Waals surface area contributed by atoms with E-state index in [9.17, 15) is 0 Å². The Bertz CT molecular complexity index is 537. The lowest BCUT2D eigenvalue weighted by Crippen LogP contribution is -2.41. The Labute approximate surface area is 115 Å². The summed E-state index contributed by atoms with van der Waals surface area (Å²) >= 11 is 3.72. The summed E-state index contributed by atoms with van der Waals surface area (Å²) in [4.78, 5) is 8.20. The molecule has 6 heteroatoms. The highest BCUT2D eigenvalue weighted by atomic mass is 32.2. The summed E-state index contributed by atoms with van der Waals surface area (Å²) in [6, 6.07) is 0. The van der Waals surface area contributed by atoms with Crippen LogP contribution in [0.25, 0.3) is 4.96 Å². The van der Waals surface area contributed by atoms with Crippen molar-refractivity contribution >= 4 is 33.9 Å². The molecule has 0 bridgehead atoms. The van der Waals surface area contributed by atoms with E-state index in [4.69, 9.17) is 10.7 Å². The van der Waals surface area contributed by atoms with Crippen LogP contribution in [-0.4, -0.2) is 33.0 Å². The molecule has 1 saturated heterocycles. The first-order valence-electron chi connectivity index (χ1n) is 6.24. The number of nitrogens with two attached hydrogens (primary N) is 1. The normalized spacial score (nSPS) is 24.9. The van der Waals surface area contributed by atoms with Crippen LogP contribution in [0, 0.1) is 0 Å². The molecule has 1 aliphatic heterocycles. The average Bonchev–Trinajstić information content (AvgIpc) is 2.86. The molecule has 18 heavy (non-hydrogen) atoms. The fourth-order valence-electron chi connectivity index (χ4n) is 2.61. The molecule has 2 aromatic rings. The van der Waals surface area contributed by atoms with E-state index in [1.54, 1.807) is 11.3 Å². The molecule has 0 radical (unpaired) electrons. The molecule has 3 rings (SSSR count). The Morgan fingerprint density at radius 2 is 2.11 bits per heavy atom. The molecule has 1 aliphatic rings. The highest BCUT2D eigenvalue weighted by Gasteiger charge is 2.26. The highest BCUT2D eigenvalue weighted by Crippen LogP contribution is 2.31. The van der Waals surface area contributed by atoms with Crippen LogP contribution < -0.4 is 10.6 Å². The summed E-state index contributed by atoms with van der Waals surface area (Å²) in [5.74, 6) is 1.09. The molecule has 0 aliphatic carbocycles. The largest absolute Gasteiger partial charge is 0.353 e. The minimum Gasteiger partial charge on any atom is -0.353 e. The van der Waals surface area contributed by atoms with Crippen molar-refractivity contribution in [1.29, 1.82) is 0 Å². The second-order valence-corrected chi connectivity index (χ2v) is 7.56. The lowest BCUT2D eigenvalue weighted by atomic mass is 10.3. The van der Waals surface area contributed by atoms with E-state index in [1.807, 2.05) is 0 Å². The third-order valence-corrected chi connectivity index (χ3v) is 5.24. The monoisotopic (exact) mass is 282 g/mol.